The number of hydrogen-bond donors (Lipinski definition) is 0. The predicted octanol–water partition coefficient (Wildman–Crippen LogP) is 14.4. The van der Waals surface area contributed by atoms with Crippen LogP contribution >= 0.6 is 0 Å². The maximum Gasteiger partial charge on any atom is 0.0705 e. The summed E-state index contributed by atoms with van der Waals surface area (Å²) in [6.07, 6.45) is 3.17. The second-order valence-corrected chi connectivity index (χ2v) is 13.6. The molecule has 9 aromatic rings. The Morgan fingerprint density at radius 2 is 0.679 bits per heavy atom. The first-order valence-corrected chi connectivity index (χ1v) is 18.3. The van der Waals surface area contributed by atoms with Crippen molar-refractivity contribution in [1.29, 1.82) is 0 Å². The summed E-state index contributed by atoms with van der Waals surface area (Å²) in [5.74, 6) is 0. The van der Waals surface area contributed by atoms with Gasteiger partial charge in [0.2, 0.25) is 0 Å². The van der Waals surface area contributed by atoms with Gasteiger partial charge >= 0.3 is 0 Å². The summed E-state index contributed by atoms with van der Waals surface area (Å²) < 4.78 is 82.1. The number of aryl methyl sites for hydroxylation is 2. The van der Waals surface area contributed by atoms with Gasteiger partial charge in [0.25, 0.3) is 0 Å². The molecule has 0 spiro atoms. The van der Waals surface area contributed by atoms with Crippen LogP contribution in [0.5, 0.6) is 0 Å². The third kappa shape index (κ3) is 6.97. The largest absolute Gasteiger partial charge is 0.256 e. The second-order valence-electron chi connectivity index (χ2n) is 13.6. The lowest BCUT2D eigenvalue weighted by molar-refractivity contribution is 1.29. The molecule has 0 unspecified atom stereocenters. The molecule has 0 aliphatic rings. The molecule has 2 nitrogen and oxygen atoms in total. The van der Waals surface area contributed by atoms with Gasteiger partial charge in [0.05, 0.1) is 25.1 Å². The minimum Gasteiger partial charge on any atom is -0.256 e. The zero-order chi connectivity index (χ0) is 46.6. The molecule has 0 saturated carbocycles. The molecule has 2 heteroatoms. The minimum absolute atomic E-state index is 0.139. The normalized spacial score (nSPS) is 13.5. The highest BCUT2D eigenvalue weighted by Crippen LogP contribution is 2.38. The molecular weight excluding hydrogens is 677 g/mol. The topological polar surface area (TPSA) is 25.8 Å². The van der Waals surface area contributed by atoms with Gasteiger partial charge < -0.3 is 0 Å². The van der Waals surface area contributed by atoms with Gasteiger partial charge in [-0.25, -0.2) is 0 Å². The minimum atomic E-state index is -0.425. The fourth-order valence-electron chi connectivity index (χ4n) is 7.19. The van der Waals surface area contributed by atoms with Crippen LogP contribution in [0.4, 0.5) is 0 Å². The SMILES string of the molecule is [2H]c1c([2H])c([2H])c(-c2cnc(-c3ccc(-c4ccccc4-c4cccc(-c5ccccc5-c5ccc(-c6cc(C)c(-c7c([2H])c([2H])c([2H])c([2H])c7[2H])cn6)cc5)c4)cc3)cc2C)c([2H])c1[2H]. The van der Waals surface area contributed by atoms with Crippen molar-refractivity contribution in [3.05, 3.63) is 217 Å². The van der Waals surface area contributed by atoms with Crippen molar-refractivity contribution < 1.29 is 13.7 Å². The van der Waals surface area contributed by atoms with E-state index in [9.17, 15) is 0 Å². The van der Waals surface area contributed by atoms with E-state index in [1.807, 2.05) is 74.5 Å². The monoisotopic (exact) mass is 726 g/mol. The number of aromatic nitrogens is 2. The van der Waals surface area contributed by atoms with Crippen LogP contribution in [-0.2, 0) is 0 Å². The van der Waals surface area contributed by atoms with Crippen LogP contribution in [0.15, 0.2) is 206 Å². The maximum atomic E-state index is 8.43. The van der Waals surface area contributed by atoms with Crippen molar-refractivity contribution in [3.8, 4) is 89.3 Å². The number of hydrogen-bond acceptors (Lipinski definition) is 2. The Morgan fingerprint density at radius 1 is 0.321 bits per heavy atom. The van der Waals surface area contributed by atoms with Crippen LogP contribution < -0.4 is 0 Å². The molecule has 56 heavy (non-hydrogen) atoms. The van der Waals surface area contributed by atoms with Gasteiger partial charge in [-0.1, -0.05) is 176 Å². The van der Waals surface area contributed by atoms with Crippen molar-refractivity contribution >= 4 is 0 Å². The van der Waals surface area contributed by atoms with Crippen LogP contribution in [0.2, 0.25) is 0 Å². The molecule has 266 valence electrons. The summed E-state index contributed by atoms with van der Waals surface area (Å²) in [6.45, 7) is 3.71. The molecule has 2 aromatic heterocycles. The second kappa shape index (κ2) is 15.3. The van der Waals surface area contributed by atoms with Gasteiger partial charge in [-0.3, -0.25) is 9.97 Å². The van der Waals surface area contributed by atoms with E-state index in [1.54, 1.807) is 12.4 Å². The van der Waals surface area contributed by atoms with E-state index >= 15 is 0 Å². The van der Waals surface area contributed by atoms with Crippen LogP contribution in [0.1, 0.15) is 24.8 Å². The van der Waals surface area contributed by atoms with Crippen molar-refractivity contribution in [2.75, 3.05) is 0 Å². The lowest BCUT2D eigenvalue weighted by Gasteiger charge is -2.15. The number of rotatable bonds is 8. The molecule has 2 heterocycles. The summed E-state index contributed by atoms with van der Waals surface area (Å²) >= 11 is 0. The molecule has 9 rings (SSSR count). The van der Waals surface area contributed by atoms with E-state index in [4.69, 9.17) is 13.7 Å². The Labute approximate surface area is 343 Å². The molecule has 0 aliphatic heterocycles. The van der Waals surface area contributed by atoms with Crippen molar-refractivity contribution in [2.45, 2.75) is 13.8 Å². The average molecular weight is 727 g/mol. The third-order valence-corrected chi connectivity index (χ3v) is 10.1. The highest BCUT2D eigenvalue weighted by Gasteiger charge is 2.13. The fraction of sp³-hybridized carbons (Fsp3) is 0.0370. The van der Waals surface area contributed by atoms with Gasteiger partial charge in [-0.2, -0.15) is 0 Å². The van der Waals surface area contributed by atoms with Gasteiger partial charge in [0.15, 0.2) is 0 Å². The smallest absolute Gasteiger partial charge is 0.0705 e. The molecule has 0 aliphatic carbocycles. The molecule has 7 aromatic carbocycles. The first-order chi connectivity index (χ1) is 31.7. The van der Waals surface area contributed by atoms with Gasteiger partial charge in [0.1, 0.15) is 0 Å². The molecule has 0 saturated heterocycles. The molecular formula is C54H40N2. The number of nitrogens with zero attached hydrogens (tertiary/aromatic N) is 2. The van der Waals surface area contributed by atoms with E-state index in [0.717, 1.165) is 66.8 Å². The van der Waals surface area contributed by atoms with E-state index in [1.165, 1.54) is 0 Å². The van der Waals surface area contributed by atoms with Crippen LogP contribution in [0.25, 0.3) is 89.3 Å². The zero-order valence-electron chi connectivity index (χ0n) is 40.8. The fourth-order valence-corrected chi connectivity index (χ4v) is 7.19. The van der Waals surface area contributed by atoms with Gasteiger partial charge in [-0.15, -0.1) is 0 Å². The van der Waals surface area contributed by atoms with Gasteiger partial charge in [-0.05, 0) is 98.8 Å². The molecule has 0 N–H and O–H groups in total. The number of pyridine rings is 2. The van der Waals surface area contributed by atoms with Crippen molar-refractivity contribution in [2.24, 2.45) is 0 Å². The van der Waals surface area contributed by atoms with E-state index in [0.29, 0.717) is 22.5 Å². The lowest BCUT2D eigenvalue weighted by Crippen LogP contribution is -1.91. The Kier molecular flexibility index (Phi) is 6.83. The first kappa shape index (κ1) is 25.0. The maximum absolute atomic E-state index is 8.43. The number of benzene rings is 7. The summed E-state index contributed by atoms with van der Waals surface area (Å²) in [7, 11) is 0. The highest BCUT2D eigenvalue weighted by molar-refractivity contribution is 5.89. The Balaban J connectivity index is 0.979. The predicted molar refractivity (Wildman–Crippen MR) is 235 cm³/mol. The summed E-state index contributed by atoms with van der Waals surface area (Å²) in [4.78, 5) is 9.33. The van der Waals surface area contributed by atoms with E-state index in [-0.39, 0.29) is 59.5 Å². The lowest BCUT2D eigenvalue weighted by atomic mass is 9.90. The van der Waals surface area contributed by atoms with Crippen molar-refractivity contribution in [3.63, 3.8) is 0 Å². The van der Waals surface area contributed by atoms with Crippen molar-refractivity contribution in [1.82, 2.24) is 9.97 Å². The Morgan fingerprint density at radius 3 is 1.05 bits per heavy atom. The average Bonchev–Trinajstić information content (AvgIpc) is 3.35. The Hall–Kier alpha value is -7.16. The summed E-state index contributed by atoms with van der Waals surface area (Å²) in [5.41, 5.74) is 14.4. The standard InChI is InChI=1S/C54H40N2/c1-37-32-53(55-35-51(37)39-14-5-3-6-15-39)43-28-24-41(25-29-43)47-20-9-11-22-49(47)45-18-13-19-46(34-45)50-23-12-10-21-48(50)42-26-30-44(31-27-42)54-33-38(2)52(36-56-54)40-16-7-4-8-17-40/h3-36H,1-2H3/i3D,4D,5D,6D,7D,8D,14D,15D,16D,17D. The van der Waals surface area contributed by atoms with E-state index < -0.39 is 12.1 Å². The summed E-state index contributed by atoms with van der Waals surface area (Å²) in [5, 5.41) is 0. The molecule has 0 radical (unpaired) electrons. The Bertz CT molecular complexity index is 3110. The zero-order valence-corrected chi connectivity index (χ0v) is 30.8. The van der Waals surface area contributed by atoms with Crippen LogP contribution in [0, 0.1) is 13.8 Å². The van der Waals surface area contributed by atoms with Crippen LogP contribution in [0.3, 0.4) is 0 Å². The third-order valence-electron chi connectivity index (χ3n) is 10.1. The van der Waals surface area contributed by atoms with Crippen LogP contribution in [-0.4, -0.2) is 9.97 Å². The molecule has 0 bridgehead atoms. The van der Waals surface area contributed by atoms with E-state index in [2.05, 4.69) is 82.8 Å². The summed E-state index contributed by atoms with van der Waals surface area (Å²) in [6, 6.07) is 41.9. The first-order valence-electron chi connectivity index (χ1n) is 23.3. The van der Waals surface area contributed by atoms with Gasteiger partial charge in [0, 0.05) is 34.6 Å². The molecule has 0 amide bonds. The highest BCUT2D eigenvalue weighted by atomic mass is 14.7. The quantitative estimate of drug-likeness (QED) is 0.156. The molecule has 0 atom stereocenters. The molecule has 0 fully saturated rings.